The lowest BCUT2D eigenvalue weighted by Gasteiger charge is -2.11. The van der Waals surface area contributed by atoms with Crippen LogP contribution in [-0.2, 0) is 16.1 Å². The van der Waals surface area contributed by atoms with E-state index in [1.54, 1.807) is 6.20 Å². The van der Waals surface area contributed by atoms with E-state index in [4.69, 9.17) is 9.84 Å². The van der Waals surface area contributed by atoms with Crippen LogP contribution in [0.25, 0.3) is 5.76 Å². The molecule has 0 radical (unpaired) electrons. The molecule has 0 fully saturated rings. The lowest BCUT2D eigenvalue weighted by molar-refractivity contribution is -0.137. The predicted octanol–water partition coefficient (Wildman–Crippen LogP) is 0.514. The van der Waals surface area contributed by atoms with Crippen molar-refractivity contribution in [1.29, 1.82) is 0 Å². The Morgan fingerprint density at radius 2 is 2.53 bits per heavy atom. The molecule has 0 saturated heterocycles. The van der Waals surface area contributed by atoms with Gasteiger partial charge in [0.25, 0.3) is 0 Å². The lowest BCUT2D eigenvalue weighted by atomic mass is 10.2. The molecule has 2 heterocycles. The van der Waals surface area contributed by atoms with E-state index in [-0.39, 0.29) is 6.54 Å². The van der Waals surface area contributed by atoms with Crippen molar-refractivity contribution in [2.24, 2.45) is 0 Å². The largest absolute Gasteiger partial charge is 0.492 e. The van der Waals surface area contributed by atoms with Crippen LogP contribution < -0.4 is 0 Å². The van der Waals surface area contributed by atoms with Crippen LogP contribution in [0.15, 0.2) is 12.3 Å². The van der Waals surface area contributed by atoms with Crippen molar-refractivity contribution in [3.63, 3.8) is 0 Å². The monoisotopic (exact) mass is 209 g/mol. The summed E-state index contributed by atoms with van der Waals surface area (Å²) in [7, 11) is 0. The Bertz CT molecular complexity index is 397. The van der Waals surface area contributed by atoms with Gasteiger partial charge in [0.1, 0.15) is 18.0 Å². The smallest absolute Gasteiger partial charge is 0.325 e. The Hall–Kier alpha value is -1.85. The van der Waals surface area contributed by atoms with Gasteiger partial charge in [-0.3, -0.25) is 4.79 Å². The van der Waals surface area contributed by atoms with Crippen LogP contribution in [0.2, 0.25) is 0 Å². The number of aliphatic carboxylic acids is 1. The van der Waals surface area contributed by atoms with Gasteiger partial charge in [-0.2, -0.15) is 0 Å². The summed E-state index contributed by atoms with van der Waals surface area (Å²) in [6, 6.07) is 0. The first-order chi connectivity index (χ1) is 7.25. The standard InChI is InChI=1S/C9H11N3O3/c13-9(14)6-12-5-7(10-11-12)8-3-1-2-4-15-8/h3,5H,1-2,4,6H2,(H,13,14). The highest BCUT2D eigenvalue weighted by Crippen LogP contribution is 2.18. The van der Waals surface area contributed by atoms with Crippen molar-refractivity contribution in [2.75, 3.05) is 6.61 Å². The van der Waals surface area contributed by atoms with Gasteiger partial charge in [-0.1, -0.05) is 5.21 Å². The van der Waals surface area contributed by atoms with Crippen LogP contribution >= 0.6 is 0 Å². The minimum atomic E-state index is -0.940. The number of carboxylic acid groups (broad SMARTS) is 1. The molecular weight excluding hydrogens is 198 g/mol. The molecule has 1 aromatic rings. The van der Waals surface area contributed by atoms with Crippen LogP contribution in [0.4, 0.5) is 0 Å². The Morgan fingerprint density at radius 3 is 3.20 bits per heavy atom. The number of carboxylic acids is 1. The number of carbonyl (C=O) groups is 1. The molecule has 0 saturated carbocycles. The summed E-state index contributed by atoms with van der Waals surface area (Å²) < 4.78 is 6.65. The van der Waals surface area contributed by atoms with Gasteiger partial charge in [-0.25, -0.2) is 4.68 Å². The maximum absolute atomic E-state index is 10.4. The molecule has 0 bridgehead atoms. The summed E-state index contributed by atoms with van der Waals surface area (Å²) in [6.07, 6.45) is 5.48. The van der Waals surface area contributed by atoms with E-state index in [9.17, 15) is 4.79 Å². The first-order valence-electron chi connectivity index (χ1n) is 4.71. The van der Waals surface area contributed by atoms with E-state index in [2.05, 4.69) is 10.3 Å². The first-order valence-corrected chi connectivity index (χ1v) is 4.71. The second kappa shape index (κ2) is 4.12. The fourth-order valence-electron chi connectivity index (χ4n) is 1.36. The summed E-state index contributed by atoms with van der Waals surface area (Å²) in [5, 5.41) is 16.1. The molecule has 80 valence electrons. The molecule has 2 rings (SSSR count). The maximum atomic E-state index is 10.4. The summed E-state index contributed by atoms with van der Waals surface area (Å²) in [5.41, 5.74) is 0.593. The van der Waals surface area contributed by atoms with Gasteiger partial charge >= 0.3 is 5.97 Å². The Morgan fingerprint density at radius 1 is 1.67 bits per heavy atom. The van der Waals surface area contributed by atoms with Gasteiger partial charge in [0.2, 0.25) is 0 Å². The molecule has 0 amide bonds. The van der Waals surface area contributed by atoms with E-state index in [1.807, 2.05) is 6.08 Å². The highest BCUT2D eigenvalue weighted by atomic mass is 16.5. The summed E-state index contributed by atoms with van der Waals surface area (Å²) >= 11 is 0. The summed E-state index contributed by atoms with van der Waals surface area (Å²) in [4.78, 5) is 10.4. The van der Waals surface area contributed by atoms with Crippen LogP contribution in [0.5, 0.6) is 0 Å². The molecule has 6 heteroatoms. The third-order valence-corrected chi connectivity index (χ3v) is 2.02. The van der Waals surface area contributed by atoms with E-state index in [0.29, 0.717) is 18.1 Å². The van der Waals surface area contributed by atoms with Crippen molar-refractivity contribution in [3.8, 4) is 0 Å². The zero-order valence-electron chi connectivity index (χ0n) is 8.09. The molecule has 1 N–H and O–H groups in total. The fourth-order valence-corrected chi connectivity index (χ4v) is 1.36. The Labute approximate surface area is 86.2 Å². The van der Waals surface area contributed by atoms with Crippen molar-refractivity contribution in [2.45, 2.75) is 19.4 Å². The van der Waals surface area contributed by atoms with Gasteiger partial charge in [-0.15, -0.1) is 5.10 Å². The Kier molecular flexibility index (Phi) is 2.66. The second-order valence-corrected chi connectivity index (χ2v) is 3.25. The van der Waals surface area contributed by atoms with Crippen molar-refractivity contribution < 1.29 is 14.6 Å². The molecule has 6 nitrogen and oxygen atoms in total. The van der Waals surface area contributed by atoms with Gasteiger partial charge < -0.3 is 9.84 Å². The lowest BCUT2D eigenvalue weighted by Crippen LogP contribution is -2.09. The van der Waals surface area contributed by atoms with Crippen molar-refractivity contribution in [3.05, 3.63) is 18.0 Å². The number of rotatable bonds is 3. The van der Waals surface area contributed by atoms with Crippen molar-refractivity contribution in [1.82, 2.24) is 15.0 Å². The van der Waals surface area contributed by atoms with Gasteiger partial charge in [-0.05, 0) is 18.9 Å². The molecule has 0 atom stereocenters. The minimum absolute atomic E-state index is 0.180. The van der Waals surface area contributed by atoms with E-state index >= 15 is 0 Å². The molecular formula is C9H11N3O3. The number of hydrogen-bond acceptors (Lipinski definition) is 4. The van der Waals surface area contributed by atoms with E-state index in [1.165, 1.54) is 4.68 Å². The molecule has 0 unspecified atom stereocenters. The second-order valence-electron chi connectivity index (χ2n) is 3.25. The van der Waals surface area contributed by atoms with Crippen LogP contribution in [0.3, 0.4) is 0 Å². The SMILES string of the molecule is O=C(O)Cn1cc(C2=CCCCO2)nn1. The normalized spacial score (nSPS) is 15.6. The van der Waals surface area contributed by atoms with Crippen molar-refractivity contribution >= 4 is 11.7 Å². The van der Waals surface area contributed by atoms with Crippen LogP contribution in [0, 0.1) is 0 Å². The highest BCUT2D eigenvalue weighted by Gasteiger charge is 2.12. The van der Waals surface area contributed by atoms with E-state index in [0.717, 1.165) is 12.8 Å². The van der Waals surface area contributed by atoms with Gasteiger partial charge in [0.15, 0.2) is 0 Å². The third kappa shape index (κ3) is 2.34. The number of aromatic nitrogens is 3. The highest BCUT2D eigenvalue weighted by molar-refractivity contribution is 5.66. The molecule has 1 aromatic heterocycles. The number of nitrogens with zero attached hydrogens (tertiary/aromatic N) is 3. The zero-order chi connectivity index (χ0) is 10.7. The van der Waals surface area contributed by atoms with E-state index < -0.39 is 5.97 Å². The summed E-state index contributed by atoms with van der Waals surface area (Å²) in [5.74, 6) is -0.247. The molecule has 15 heavy (non-hydrogen) atoms. The molecule has 1 aliphatic heterocycles. The average Bonchev–Trinajstić information content (AvgIpc) is 2.67. The number of allylic oxidation sites excluding steroid dienone is 1. The number of ether oxygens (including phenoxy) is 1. The summed E-state index contributed by atoms with van der Waals surface area (Å²) in [6.45, 7) is 0.498. The van der Waals surface area contributed by atoms with Crippen LogP contribution in [-0.4, -0.2) is 32.7 Å². The zero-order valence-corrected chi connectivity index (χ0v) is 8.09. The average molecular weight is 209 g/mol. The molecule has 0 spiro atoms. The molecule has 1 aliphatic rings. The van der Waals surface area contributed by atoms with Gasteiger partial charge in [0, 0.05) is 0 Å². The minimum Gasteiger partial charge on any atom is -0.492 e. The maximum Gasteiger partial charge on any atom is 0.325 e. The Balaban J connectivity index is 2.12. The number of hydrogen-bond donors (Lipinski definition) is 1. The topological polar surface area (TPSA) is 77.2 Å². The molecule has 0 aliphatic carbocycles. The quantitative estimate of drug-likeness (QED) is 0.785. The van der Waals surface area contributed by atoms with Gasteiger partial charge in [0.05, 0.1) is 12.8 Å². The fraction of sp³-hybridized carbons (Fsp3) is 0.444. The third-order valence-electron chi connectivity index (χ3n) is 2.02. The predicted molar refractivity (Wildman–Crippen MR) is 50.8 cm³/mol. The van der Waals surface area contributed by atoms with Crippen LogP contribution in [0.1, 0.15) is 18.5 Å². The first kappa shape index (κ1) is 9.70. The molecule has 0 aromatic carbocycles.